The van der Waals surface area contributed by atoms with Crippen LogP contribution in [0.2, 0.25) is 0 Å². The molecular weight excluding hydrogens is 392 g/mol. The van der Waals surface area contributed by atoms with Crippen LogP contribution in [-0.4, -0.2) is 24.5 Å². The predicted octanol–water partition coefficient (Wildman–Crippen LogP) is 4.64. The molecule has 0 saturated carbocycles. The number of ether oxygens (including phenoxy) is 2. The normalized spacial score (nSPS) is 11.5. The molecule has 0 saturated heterocycles. The van der Waals surface area contributed by atoms with Crippen molar-refractivity contribution in [2.75, 3.05) is 6.61 Å². The summed E-state index contributed by atoms with van der Waals surface area (Å²) in [4.78, 5) is 24.6. The Morgan fingerprint density at radius 2 is 1.58 bits per heavy atom. The highest BCUT2D eigenvalue weighted by Gasteiger charge is 2.16. The maximum Gasteiger partial charge on any atom is 0.279 e. The van der Waals surface area contributed by atoms with E-state index in [1.54, 1.807) is 31.2 Å². The molecule has 6 nitrogen and oxygen atoms in total. The van der Waals surface area contributed by atoms with E-state index >= 15 is 0 Å². The van der Waals surface area contributed by atoms with Gasteiger partial charge in [-0.05, 0) is 60.5 Å². The largest absolute Gasteiger partial charge is 0.494 e. The standard InChI is InChI=1S/C25H28N2O4/c1-3-4-7-16-30-22-13-11-20(12-14-22)25(29)27-26-24(28)18(2)31-23-15-10-19-8-5-6-9-21(19)17-23/h5-6,8-15,17-18H,3-4,7,16H2,1-2H3,(H,26,28)(H,27,29)/t18-/m1/s1. The number of hydrogen-bond donors (Lipinski definition) is 2. The van der Waals surface area contributed by atoms with Crippen LogP contribution in [0.5, 0.6) is 11.5 Å². The van der Waals surface area contributed by atoms with E-state index in [-0.39, 0.29) is 0 Å². The van der Waals surface area contributed by atoms with E-state index in [4.69, 9.17) is 9.47 Å². The fourth-order valence-electron chi connectivity index (χ4n) is 3.04. The van der Waals surface area contributed by atoms with Crippen LogP contribution in [0.15, 0.2) is 66.7 Å². The summed E-state index contributed by atoms with van der Waals surface area (Å²) in [6.07, 6.45) is 2.49. The Morgan fingerprint density at radius 3 is 2.32 bits per heavy atom. The Morgan fingerprint density at radius 1 is 0.871 bits per heavy atom. The lowest BCUT2D eigenvalue weighted by Crippen LogP contribution is -2.47. The Bertz CT molecular complexity index is 1020. The van der Waals surface area contributed by atoms with Gasteiger partial charge in [-0.3, -0.25) is 20.4 Å². The average molecular weight is 421 g/mol. The fraction of sp³-hybridized carbons (Fsp3) is 0.280. The number of amides is 2. The van der Waals surface area contributed by atoms with Crippen molar-refractivity contribution in [3.63, 3.8) is 0 Å². The van der Waals surface area contributed by atoms with Gasteiger partial charge in [-0.1, -0.05) is 50.1 Å². The summed E-state index contributed by atoms with van der Waals surface area (Å²) >= 11 is 0. The Hall–Kier alpha value is -3.54. The van der Waals surface area contributed by atoms with Crippen LogP contribution in [0, 0.1) is 0 Å². The number of carbonyl (C=O) groups excluding carboxylic acids is 2. The maximum atomic E-state index is 12.3. The van der Waals surface area contributed by atoms with Gasteiger partial charge in [-0.2, -0.15) is 0 Å². The van der Waals surface area contributed by atoms with Crippen LogP contribution in [0.4, 0.5) is 0 Å². The molecule has 3 aromatic carbocycles. The minimum absolute atomic E-state index is 0.413. The molecule has 6 heteroatoms. The third-order valence-corrected chi connectivity index (χ3v) is 4.84. The van der Waals surface area contributed by atoms with E-state index in [1.165, 1.54) is 0 Å². The number of rotatable bonds is 9. The summed E-state index contributed by atoms with van der Waals surface area (Å²) in [5.41, 5.74) is 5.24. The zero-order valence-electron chi connectivity index (χ0n) is 17.9. The summed E-state index contributed by atoms with van der Waals surface area (Å²) in [5, 5.41) is 2.12. The van der Waals surface area contributed by atoms with Gasteiger partial charge < -0.3 is 9.47 Å². The first-order valence-corrected chi connectivity index (χ1v) is 10.6. The number of carbonyl (C=O) groups is 2. The Kier molecular flexibility index (Phi) is 7.87. The topological polar surface area (TPSA) is 76.7 Å². The highest BCUT2D eigenvalue weighted by molar-refractivity contribution is 5.95. The SMILES string of the molecule is CCCCCOc1ccc(C(=O)NNC(=O)[C@@H](C)Oc2ccc3ccccc3c2)cc1. The second kappa shape index (κ2) is 11.0. The quantitative estimate of drug-likeness (QED) is 0.391. The number of unbranched alkanes of at least 4 members (excludes halogenated alkanes) is 2. The number of benzene rings is 3. The van der Waals surface area contributed by atoms with Gasteiger partial charge in [0.2, 0.25) is 0 Å². The zero-order chi connectivity index (χ0) is 22.1. The van der Waals surface area contributed by atoms with E-state index in [9.17, 15) is 9.59 Å². The molecule has 0 heterocycles. The first-order chi connectivity index (χ1) is 15.1. The molecule has 162 valence electrons. The number of hydrazine groups is 1. The zero-order valence-corrected chi connectivity index (χ0v) is 17.9. The molecule has 1 atom stereocenters. The van der Waals surface area contributed by atoms with Crippen LogP contribution in [0.1, 0.15) is 43.5 Å². The number of nitrogens with one attached hydrogen (secondary N) is 2. The van der Waals surface area contributed by atoms with Crippen molar-refractivity contribution in [1.29, 1.82) is 0 Å². The van der Waals surface area contributed by atoms with Crippen LogP contribution >= 0.6 is 0 Å². The molecule has 31 heavy (non-hydrogen) atoms. The van der Waals surface area contributed by atoms with Gasteiger partial charge in [0.1, 0.15) is 11.5 Å². The number of hydrogen-bond acceptors (Lipinski definition) is 4. The highest BCUT2D eigenvalue weighted by Crippen LogP contribution is 2.21. The van der Waals surface area contributed by atoms with E-state index in [0.717, 1.165) is 30.0 Å². The fourth-order valence-corrected chi connectivity index (χ4v) is 3.04. The van der Waals surface area contributed by atoms with Crippen molar-refractivity contribution in [3.05, 3.63) is 72.3 Å². The smallest absolute Gasteiger partial charge is 0.279 e. The molecule has 3 aromatic rings. The first kappa shape index (κ1) is 22.2. The van der Waals surface area contributed by atoms with Crippen molar-refractivity contribution < 1.29 is 19.1 Å². The van der Waals surface area contributed by atoms with Gasteiger partial charge in [0.05, 0.1) is 6.61 Å². The lowest BCUT2D eigenvalue weighted by molar-refractivity contribution is -0.128. The molecular formula is C25H28N2O4. The summed E-state index contributed by atoms with van der Waals surface area (Å²) in [7, 11) is 0. The minimum Gasteiger partial charge on any atom is -0.494 e. The third-order valence-electron chi connectivity index (χ3n) is 4.84. The van der Waals surface area contributed by atoms with Gasteiger partial charge >= 0.3 is 0 Å². The van der Waals surface area contributed by atoms with Crippen LogP contribution in [-0.2, 0) is 4.79 Å². The molecule has 0 bridgehead atoms. The molecule has 0 radical (unpaired) electrons. The van der Waals surface area contributed by atoms with Crippen LogP contribution in [0.3, 0.4) is 0 Å². The second-order valence-corrected chi connectivity index (χ2v) is 7.29. The van der Waals surface area contributed by atoms with E-state index in [2.05, 4.69) is 17.8 Å². The van der Waals surface area contributed by atoms with Crippen molar-refractivity contribution in [2.45, 2.75) is 39.2 Å². The minimum atomic E-state index is -0.777. The molecule has 0 aliphatic rings. The van der Waals surface area contributed by atoms with Crippen LogP contribution < -0.4 is 20.3 Å². The molecule has 0 aliphatic carbocycles. The van der Waals surface area contributed by atoms with Crippen molar-refractivity contribution in [2.24, 2.45) is 0 Å². The second-order valence-electron chi connectivity index (χ2n) is 7.29. The summed E-state index contributed by atoms with van der Waals surface area (Å²) in [5.74, 6) is 0.442. The highest BCUT2D eigenvalue weighted by atomic mass is 16.5. The lowest BCUT2D eigenvalue weighted by atomic mass is 10.1. The van der Waals surface area contributed by atoms with Crippen molar-refractivity contribution in [1.82, 2.24) is 10.9 Å². The summed E-state index contributed by atoms with van der Waals surface area (Å²) in [6, 6.07) is 20.3. The Labute approximate surface area is 182 Å². The van der Waals surface area contributed by atoms with Gasteiger partial charge in [-0.15, -0.1) is 0 Å². The molecule has 2 N–H and O–H groups in total. The van der Waals surface area contributed by atoms with E-state index in [1.807, 2.05) is 42.5 Å². The third kappa shape index (κ3) is 6.47. The Balaban J connectivity index is 1.47. The van der Waals surface area contributed by atoms with Gasteiger partial charge in [0.15, 0.2) is 6.10 Å². The summed E-state index contributed by atoms with van der Waals surface area (Å²) < 4.78 is 11.4. The van der Waals surface area contributed by atoms with E-state index in [0.29, 0.717) is 23.7 Å². The molecule has 3 rings (SSSR count). The molecule has 0 spiro atoms. The monoisotopic (exact) mass is 420 g/mol. The predicted molar refractivity (Wildman–Crippen MR) is 121 cm³/mol. The first-order valence-electron chi connectivity index (χ1n) is 10.6. The van der Waals surface area contributed by atoms with Crippen LogP contribution in [0.25, 0.3) is 10.8 Å². The van der Waals surface area contributed by atoms with Gasteiger partial charge in [-0.25, -0.2) is 0 Å². The molecule has 0 fully saturated rings. The van der Waals surface area contributed by atoms with Gasteiger partial charge in [0, 0.05) is 5.56 Å². The summed E-state index contributed by atoms with van der Waals surface area (Å²) in [6.45, 7) is 4.42. The maximum absolute atomic E-state index is 12.3. The van der Waals surface area contributed by atoms with Crippen molar-refractivity contribution >= 4 is 22.6 Å². The molecule has 0 aromatic heterocycles. The molecule has 0 aliphatic heterocycles. The molecule has 0 unspecified atom stereocenters. The number of fused-ring (bicyclic) bond motifs is 1. The van der Waals surface area contributed by atoms with Gasteiger partial charge in [0.25, 0.3) is 11.8 Å². The average Bonchev–Trinajstić information content (AvgIpc) is 2.80. The lowest BCUT2D eigenvalue weighted by Gasteiger charge is -2.15. The van der Waals surface area contributed by atoms with E-state index < -0.39 is 17.9 Å². The van der Waals surface area contributed by atoms with Crippen molar-refractivity contribution in [3.8, 4) is 11.5 Å². The molecule has 2 amide bonds.